The van der Waals surface area contributed by atoms with Gasteiger partial charge >= 0.3 is 0 Å². The lowest BCUT2D eigenvalue weighted by atomic mass is 10.1. The lowest BCUT2D eigenvalue weighted by Gasteiger charge is -2.22. The van der Waals surface area contributed by atoms with Gasteiger partial charge in [-0.05, 0) is 19.8 Å². The van der Waals surface area contributed by atoms with Crippen molar-refractivity contribution in [2.24, 2.45) is 0 Å². The molecule has 2 heterocycles. The van der Waals surface area contributed by atoms with Gasteiger partial charge in [-0.15, -0.1) is 11.3 Å². The van der Waals surface area contributed by atoms with Crippen LogP contribution in [-0.2, 0) is 11.3 Å². The molecule has 0 amide bonds. The van der Waals surface area contributed by atoms with Crippen molar-refractivity contribution in [3.63, 3.8) is 0 Å². The molecule has 14 heavy (non-hydrogen) atoms. The molecular formula is C10H16N2OS. The second kappa shape index (κ2) is 4.87. The molecule has 3 nitrogen and oxygen atoms in total. The maximum absolute atomic E-state index is 5.30. The lowest BCUT2D eigenvalue weighted by Crippen LogP contribution is -2.34. The second-order valence-electron chi connectivity index (χ2n) is 3.63. The number of nitrogens with one attached hydrogen (secondary N) is 1. The molecule has 4 heteroatoms. The highest BCUT2D eigenvalue weighted by Gasteiger charge is 2.13. The fourth-order valence-electron chi connectivity index (χ4n) is 1.62. The average Bonchev–Trinajstić information content (AvgIpc) is 2.63. The van der Waals surface area contributed by atoms with Crippen molar-refractivity contribution in [1.29, 1.82) is 0 Å². The molecule has 0 bridgehead atoms. The molecule has 1 fully saturated rings. The Morgan fingerprint density at radius 2 is 2.36 bits per heavy atom. The summed E-state index contributed by atoms with van der Waals surface area (Å²) in [7, 11) is 0. The van der Waals surface area contributed by atoms with Crippen LogP contribution in [0.4, 0.5) is 0 Å². The molecule has 2 rings (SSSR count). The highest BCUT2D eigenvalue weighted by atomic mass is 32.1. The van der Waals surface area contributed by atoms with E-state index in [4.69, 9.17) is 4.74 Å². The molecule has 1 saturated heterocycles. The fraction of sp³-hybridized carbons (Fsp3) is 0.700. The molecule has 0 atom stereocenters. The lowest BCUT2D eigenvalue weighted by molar-refractivity contribution is 0.0776. The number of hydrogen-bond donors (Lipinski definition) is 1. The van der Waals surface area contributed by atoms with Gasteiger partial charge in [0, 0.05) is 36.9 Å². The summed E-state index contributed by atoms with van der Waals surface area (Å²) in [6.45, 7) is 4.79. The van der Waals surface area contributed by atoms with E-state index in [9.17, 15) is 0 Å². The van der Waals surface area contributed by atoms with Crippen molar-refractivity contribution < 1.29 is 4.74 Å². The van der Waals surface area contributed by atoms with Crippen LogP contribution < -0.4 is 5.32 Å². The fourth-order valence-corrected chi connectivity index (χ4v) is 2.35. The van der Waals surface area contributed by atoms with Gasteiger partial charge in [0.15, 0.2) is 0 Å². The maximum Gasteiger partial charge on any atom is 0.107 e. The zero-order valence-electron chi connectivity index (χ0n) is 8.45. The summed E-state index contributed by atoms with van der Waals surface area (Å²) >= 11 is 1.77. The number of hydrogen-bond acceptors (Lipinski definition) is 4. The molecule has 1 aliphatic rings. The average molecular weight is 212 g/mol. The summed E-state index contributed by atoms with van der Waals surface area (Å²) in [4.78, 5) is 5.61. The molecule has 0 aliphatic carbocycles. The molecular weight excluding hydrogens is 196 g/mol. The first-order valence-electron chi connectivity index (χ1n) is 5.07. The number of aromatic nitrogens is 1. The summed E-state index contributed by atoms with van der Waals surface area (Å²) < 4.78 is 5.30. The van der Waals surface area contributed by atoms with Crippen LogP contribution in [0, 0.1) is 6.92 Å². The third kappa shape index (κ3) is 2.77. The number of nitrogens with zero attached hydrogens (tertiary/aromatic N) is 1. The Bertz CT molecular complexity index is 281. The highest BCUT2D eigenvalue weighted by Crippen LogP contribution is 2.12. The van der Waals surface area contributed by atoms with Crippen molar-refractivity contribution in [2.45, 2.75) is 32.4 Å². The van der Waals surface area contributed by atoms with Crippen LogP contribution in [-0.4, -0.2) is 24.2 Å². The van der Waals surface area contributed by atoms with Crippen LogP contribution in [0.1, 0.15) is 22.7 Å². The first-order valence-corrected chi connectivity index (χ1v) is 5.88. The summed E-state index contributed by atoms with van der Waals surface area (Å²) in [5, 5.41) is 4.71. The minimum atomic E-state index is 0.618. The SMILES string of the molecule is Cc1cnc(CNC2CCOCC2)s1. The van der Waals surface area contributed by atoms with Gasteiger partial charge < -0.3 is 10.1 Å². The van der Waals surface area contributed by atoms with Gasteiger partial charge in [0.1, 0.15) is 5.01 Å². The van der Waals surface area contributed by atoms with E-state index >= 15 is 0 Å². The van der Waals surface area contributed by atoms with Gasteiger partial charge in [-0.1, -0.05) is 0 Å². The molecule has 1 aromatic heterocycles. The molecule has 78 valence electrons. The van der Waals surface area contributed by atoms with E-state index in [0.717, 1.165) is 32.6 Å². The number of rotatable bonds is 3. The van der Waals surface area contributed by atoms with E-state index in [0.29, 0.717) is 6.04 Å². The summed E-state index contributed by atoms with van der Waals surface area (Å²) in [5.41, 5.74) is 0. The molecule has 1 N–H and O–H groups in total. The molecule has 0 saturated carbocycles. The molecule has 0 radical (unpaired) electrons. The van der Waals surface area contributed by atoms with Crippen LogP contribution in [0.15, 0.2) is 6.20 Å². The topological polar surface area (TPSA) is 34.2 Å². The molecule has 0 spiro atoms. The first kappa shape index (κ1) is 10.1. The summed E-state index contributed by atoms with van der Waals surface area (Å²) in [6, 6.07) is 0.618. The van der Waals surface area contributed by atoms with Crippen molar-refractivity contribution >= 4 is 11.3 Å². The van der Waals surface area contributed by atoms with Gasteiger partial charge in [0.25, 0.3) is 0 Å². The predicted molar refractivity (Wildman–Crippen MR) is 57.5 cm³/mol. The Balaban J connectivity index is 1.76. The van der Waals surface area contributed by atoms with E-state index < -0.39 is 0 Å². The second-order valence-corrected chi connectivity index (χ2v) is 4.95. The Morgan fingerprint density at radius 3 is 3.00 bits per heavy atom. The van der Waals surface area contributed by atoms with Crippen molar-refractivity contribution in [1.82, 2.24) is 10.3 Å². The van der Waals surface area contributed by atoms with Gasteiger partial charge in [-0.25, -0.2) is 4.98 Å². The van der Waals surface area contributed by atoms with E-state index in [2.05, 4.69) is 17.2 Å². The Kier molecular flexibility index (Phi) is 3.50. The predicted octanol–water partition coefficient (Wildman–Crippen LogP) is 1.72. The van der Waals surface area contributed by atoms with Crippen LogP contribution >= 0.6 is 11.3 Å². The largest absolute Gasteiger partial charge is 0.381 e. The first-order chi connectivity index (χ1) is 6.84. The quantitative estimate of drug-likeness (QED) is 0.828. The zero-order chi connectivity index (χ0) is 9.80. The zero-order valence-corrected chi connectivity index (χ0v) is 9.27. The normalized spacial score (nSPS) is 18.6. The smallest absolute Gasteiger partial charge is 0.107 e. The third-order valence-electron chi connectivity index (χ3n) is 2.43. The third-order valence-corrected chi connectivity index (χ3v) is 3.35. The monoisotopic (exact) mass is 212 g/mol. The van der Waals surface area contributed by atoms with E-state index in [-0.39, 0.29) is 0 Å². The van der Waals surface area contributed by atoms with Gasteiger partial charge in [0.2, 0.25) is 0 Å². The van der Waals surface area contributed by atoms with Gasteiger partial charge in [0.05, 0.1) is 0 Å². The highest BCUT2D eigenvalue weighted by molar-refractivity contribution is 7.11. The Labute approximate surface area is 88.5 Å². The van der Waals surface area contributed by atoms with Gasteiger partial charge in [-0.3, -0.25) is 0 Å². The van der Waals surface area contributed by atoms with Crippen molar-refractivity contribution in [3.05, 3.63) is 16.1 Å². The maximum atomic E-state index is 5.30. The molecule has 0 unspecified atom stereocenters. The summed E-state index contributed by atoms with van der Waals surface area (Å²) in [5.74, 6) is 0. The van der Waals surface area contributed by atoms with Crippen LogP contribution in [0.5, 0.6) is 0 Å². The summed E-state index contributed by atoms with van der Waals surface area (Å²) in [6.07, 6.45) is 4.19. The standard InChI is InChI=1S/C10H16N2OS/c1-8-6-12-10(14-8)7-11-9-2-4-13-5-3-9/h6,9,11H,2-5,7H2,1H3. The Hall–Kier alpha value is -0.450. The molecule has 1 aliphatic heterocycles. The van der Waals surface area contributed by atoms with Crippen molar-refractivity contribution in [2.75, 3.05) is 13.2 Å². The molecule has 0 aromatic carbocycles. The van der Waals surface area contributed by atoms with Gasteiger partial charge in [-0.2, -0.15) is 0 Å². The van der Waals surface area contributed by atoms with Crippen LogP contribution in [0.2, 0.25) is 0 Å². The van der Waals surface area contributed by atoms with E-state index in [1.165, 1.54) is 9.88 Å². The number of ether oxygens (including phenoxy) is 1. The molecule has 1 aromatic rings. The number of thiazole rings is 1. The number of aryl methyl sites for hydroxylation is 1. The Morgan fingerprint density at radius 1 is 1.57 bits per heavy atom. The van der Waals surface area contributed by atoms with Crippen LogP contribution in [0.3, 0.4) is 0 Å². The van der Waals surface area contributed by atoms with Crippen molar-refractivity contribution in [3.8, 4) is 0 Å². The van der Waals surface area contributed by atoms with E-state index in [1.807, 2.05) is 6.20 Å². The minimum absolute atomic E-state index is 0.618. The van der Waals surface area contributed by atoms with E-state index in [1.54, 1.807) is 11.3 Å². The minimum Gasteiger partial charge on any atom is -0.381 e. The van der Waals surface area contributed by atoms with Crippen LogP contribution in [0.25, 0.3) is 0 Å².